The lowest BCUT2D eigenvalue weighted by Gasteiger charge is -2.25. The van der Waals surface area contributed by atoms with E-state index in [-0.39, 0.29) is 6.03 Å². The molecule has 2 rings (SSSR count). The molecule has 0 unspecified atom stereocenters. The van der Waals surface area contributed by atoms with Gasteiger partial charge in [0.1, 0.15) is 11.6 Å². The molecule has 2 amide bonds. The summed E-state index contributed by atoms with van der Waals surface area (Å²) in [6, 6.07) is 6.90. The van der Waals surface area contributed by atoms with Crippen molar-refractivity contribution in [3.05, 3.63) is 24.3 Å². The summed E-state index contributed by atoms with van der Waals surface area (Å²) in [7, 11) is 3.56. The first kappa shape index (κ1) is 13.4. The Balaban J connectivity index is 2.02. The summed E-state index contributed by atoms with van der Waals surface area (Å²) in [4.78, 5) is 18.0. The molecule has 1 saturated heterocycles. The van der Waals surface area contributed by atoms with Crippen LogP contribution in [0.3, 0.4) is 0 Å². The number of amidine groups is 1. The molecule has 1 aliphatic rings. The Labute approximate surface area is 113 Å². The lowest BCUT2D eigenvalue weighted by Crippen LogP contribution is -2.32. The van der Waals surface area contributed by atoms with E-state index in [0.717, 1.165) is 31.6 Å². The molecule has 1 fully saturated rings. The van der Waals surface area contributed by atoms with Crippen LogP contribution in [0.4, 0.5) is 10.5 Å². The van der Waals surface area contributed by atoms with E-state index in [0.29, 0.717) is 11.4 Å². The molecule has 5 nitrogen and oxygen atoms in total. The summed E-state index contributed by atoms with van der Waals surface area (Å²) in [5, 5.41) is 2.75. The van der Waals surface area contributed by atoms with Crippen molar-refractivity contribution in [3.63, 3.8) is 0 Å². The van der Waals surface area contributed by atoms with Gasteiger partial charge >= 0.3 is 6.03 Å². The van der Waals surface area contributed by atoms with Gasteiger partial charge in [0.05, 0.1) is 7.11 Å². The van der Waals surface area contributed by atoms with Crippen molar-refractivity contribution < 1.29 is 9.53 Å². The number of nitrogens with one attached hydrogen (secondary N) is 1. The topological polar surface area (TPSA) is 53.9 Å². The van der Waals surface area contributed by atoms with Crippen molar-refractivity contribution in [1.29, 1.82) is 0 Å². The smallest absolute Gasteiger partial charge is 0.347 e. The molecule has 5 heteroatoms. The van der Waals surface area contributed by atoms with E-state index in [1.807, 2.05) is 30.1 Å². The Morgan fingerprint density at radius 1 is 1.42 bits per heavy atom. The predicted octanol–water partition coefficient (Wildman–Crippen LogP) is 2.74. The van der Waals surface area contributed by atoms with Crippen LogP contribution in [-0.4, -0.2) is 37.5 Å². The minimum atomic E-state index is -0.336. The number of urea groups is 1. The van der Waals surface area contributed by atoms with Gasteiger partial charge in [0, 0.05) is 31.8 Å². The Hall–Kier alpha value is -2.04. The molecule has 19 heavy (non-hydrogen) atoms. The van der Waals surface area contributed by atoms with Crippen LogP contribution in [0.1, 0.15) is 19.3 Å². The standard InChI is InChI=1S/C14H19N3O2/c1-17-9-4-3-8-13(17)16-14(18)15-11-6-5-7-12(10-11)19-2/h5-7,10H,3-4,8-9H2,1-2H3,(H,15,18). The van der Waals surface area contributed by atoms with Crippen LogP contribution in [0, 0.1) is 0 Å². The van der Waals surface area contributed by atoms with Gasteiger partial charge < -0.3 is 15.0 Å². The normalized spacial score (nSPS) is 17.4. The van der Waals surface area contributed by atoms with Crippen molar-refractivity contribution in [3.8, 4) is 5.75 Å². The zero-order valence-corrected chi connectivity index (χ0v) is 11.3. The zero-order chi connectivity index (χ0) is 13.7. The molecule has 0 aromatic heterocycles. The molecule has 0 saturated carbocycles. The fourth-order valence-corrected chi connectivity index (χ4v) is 2.06. The third-order valence-corrected chi connectivity index (χ3v) is 3.14. The summed E-state index contributed by atoms with van der Waals surface area (Å²) >= 11 is 0. The van der Waals surface area contributed by atoms with Crippen LogP contribution in [0.25, 0.3) is 0 Å². The second kappa shape index (κ2) is 6.22. The van der Waals surface area contributed by atoms with Gasteiger partial charge in [-0.15, -0.1) is 0 Å². The maximum Gasteiger partial charge on any atom is 0.347 e. The number of nitrogens with zero attached hydrogens (tertiary/aromatic N) is 2. The number of hydrogen-bond acceptors (Lipinski definition) is 2. The first-order valence-electron chi connectivity index (χ1n) is 6.43. The molecule has 0 spiro atoms. The Morgan fingerprint density at radius 2 is 2.26 bits per heavy atom. The van der Waals surface area contributed by atoms with Gasteiger partial charge in [-0.2, -0.15) is 4.99 Å². The van der Waals surface area contributed by atoms with Gasteiger partial charge in [0.2, 0.25) is 0 Å². The van der Waals surface area contributed by atoms with Crippen LogP contribution >= 0.6 is 0 Å². The fourth-order valence-electron chi connectivity index (χ4n) is 2.06. The Bertz CT molecular complexity index is 485. The van der Waals surface area contributed by atoms with Crippen molar-refractivity contribution in [2.75, 3.05) is 26.0 Å². The van der Waals surface area contributed by atoms with E-state index < -0.39 is 0 Å². The van der Waals surface area contributed by atoms with Crippen LogP contribution in [0.2, 0.25) is 0 Å². The number of ether oxygens (including phenoxy) is 1. The fraction of sp³-hybridized carbons (Fsp3) is 0.429. The minimum absolute atomic E-state index is 0.336. The first-order chi connectivity index (χ1) is 9.19. The van der Waals surface area contributed by atoms with Crippen LogP contribution < -0.4 is 10.1 Å². The van der Waals surface area contributed by atoms with Crippen molar-refractivity contribution in [1.82, 2.24) is 4.90 Å². The molecule has 0 bridgehead atoms. The second-order valence-corrected chi connectivity index (χ2v) is 4.57. The lowest BCUT2D eigenvalue weighted by atomic mass is 10.1. The number of benzene rings is 1. The molecule has 1 aliphatic heterocycles. The SMILES string of the molecule is COc1cccc(NC(=O)N=C2CCCCN2C)c1. The monoisotopic (exact) mass is 261 g/mol. The van der Waals surface area contributed by atoms with Gasteiger partial charge in [0.25, 0.3) is 0 Å². The van der Waals surface area contributed by atoms with Gasteiger partial charge in [-0.3, -0.25) is 0 Å². The van der Waals surface area contributed by atoms with Crippen LogP contribution in [0.5, 0.6) is 5.75 Å². The highest BCUT2D eigenvalue weighted by atomic mass is 16.5. The van der Waals surface area contributed by atoms with E-state index in [2.05, 4.69) is 10.3 Å². The number of rotatable bonds is 2. The number of likely N-dealkylation sites (tertiary alicyclic amines) is 1. The van der Waals surface area contributed by atoms with Crippen molar-refractivity contribution in [2.45, 2.75) is 19.3 Å². The summed E-state index contributed by atoms with van der Waals surface area (Å²) < 4.78 is 5.11. The quantitative estimate of drug-likeness (QED) is 0.890. The molecule has 0 radical (unpaired) electrons. The van der Waals surface area contributed by atoms with Gasteiger partial charge in [-0.25, -0.2) is 4.79 Å². The second-order valence-electron chi connectivity index (χ2n) is 4.57. The maximum atomic E-state index is 11.9. The van der Waals surface area contributed by atoms with Gasteiger partial charge in [-0.1, -0.05) is 6.07 Å². The lowest BCUT2D eigenvalue weighted by molar-refractivity contribution is 0.259. The summed E-state index contributed by atoms with van der Waals surface area (Å²) in [6.45, 7) is 0.964. The van der Waals surface area contributed by atoms with Gasteiger partial charge in [-0.05, 0) is 25.0 Å². The highest BCUT2D eigenvalue weighted by Crippen LogP contribution is 2.17. The number of aliphatic imine (C=N–C) groups is 1. The molecule has 1 aromatic carbocycles. The van der Waals surface area contributed by atoms with Gasteiger partial charge in [0.15, 0.2) is 0 Å². The van der Waals surface area contributed by atoms with E-state index in [1.165, 1.54) is 0 Å². The van der Waals surface area contributed by atoms with E-state index in [4.69, 9.17) is 4.74 Å². The van der Waals surface area contributed by atoms with E-state index in [1.54, 1.807) is 13.2 Å². The van der Waals surface area contributed by atoms with Crippen LogP contribution in [-0.2, 0) is 0 Å². The zero-order valence-electron chi connectivity index (χ0n) is 11.3. The van der Waals surface area contributed by atoms with Crippen LogP contribution in [0.15, 0.2) is 29.3 Å². The summed E-state index contributed by atoms with van der Waals surface area (Å²) in [5.41, 5.74) is 0.687. The average Bonchev–Trinajstić information content (AvgIpc) is 2.41. The predicted molar refractivity (Wildman–Crippen MR) is 75.9 cm³/mol. The number of piperidine rings is 1. The average molecular weight is 261 g/mol. The molecular weight excluding hydrogens is 242 g/mol. The Kier molecular flexibility index (Phi) is 4.39. The van der Waals surface area contributed by atoms with Crippen molar-refractivity contribution in [2.24, 2.45) is 4.99 Å². The molecule has 1 aromatic rings. The molecule has 1 N–H and O–H groups in total. The van der Waals surface area contributed by atoms with E-state index >= 15 is 0 Å². The highest BCUT2D eigenvalue weighted by Gasteiger charge is 2.13. The Morgan fingerprint density at radius 3 is 3.00 bits per heavy atom. The maximum absolute atomic E-state index is 11.9. The number of carbonyl (C=O) groups excluding carboxylic acids is 1. The van der Waals surface area contributed by atoms with Crippen molar-refractivity contribution >= 4 is 17.6 Å². The number of anilines is 1. The molecule has 1 heterocycles. The first-order valence-corrected chi connectivity index (χ1v) is 6.43. The number of amides is 2. The number of carbonyl (C=O) groups is 1. The molecular formula is C14H19N3O2. The van der Waals surface area contributed by atoms with E-state index in [9.17, 15) is 4.79 Å². The minimum Gasteiger partial charge on any atom is -0.497 e. The largest absolute Gasteiger partial charge is 0.497 e. The molecule has 0 aliphatic carbocycles. The summed E-state index contributed by atoms with van der Waals surface area (Å²) in [5.74, 6) is 1.56. The number of hydrogen-bond donors (Lipinski definition) is 1. The molecule has 0 atom stereocenters. The third-order valence-electron chi connectivity index (χ3n) is 3.14. The molecule has 102 valence electrons. The summed E-state index contributed by atoms with van der Waals surface area (Å²) in [6.07, 6.45) is 3.12. The third kappa shape index (κ3) is 3.71. The number of methoxy groups -OCH3 is 1. The highest BCUT2D eigenvalue weighted by molar-refractivity contribution is 6.00.